The van der Waals surface area contributed by atoms with E-state index in [0.717, 1.165) is 29.4 Å². The van der Waals surface area contributed by atoms with Crippen LogP contribution in [-0.2, 0) is 0 Å². The molecule has 3 heteroatoms. The molecule has 3 nitrogen and oxygen atoms in total. The van der Waals surface area contributed by atoms with Crippen molar-refractivity contribution in [2.45, 2.75) is 19.3 Å². The van der Waals surface area contributed by atoms with E-state index in [-0.39, 0.29) is 5.78 Å². The molecule has 0 unspecified atom stereocenters. The molecule has 0 bridgehead atoms. The molecule has 110 valence electrons. The Bertz CT molecular complexity index is 645. The number of ketones is 1. The van der Waals surface area contributed by atoms with Gasteiger partial charge in [-0.2, -0.15) is 0 Å². The Kier molecular flexibility index (Phi) is 4.20. The average Bonchev–Trinajstić information content (AvgIpc) is 2.54. The zero-order chi connectivity index (χ0) is 14.7. The van der Waals surface area contributed by atoms with Gasteiger partial charge in [0.1, 0.15) is 5.75 Å². The predicted molar refractivity (Wildman–Crippen MR) is 85.1 cm³/mol. The second-order valence-corrected chi connectivity index (χ2v) is 5.62. The first-order valence-corrected chi connectivity index (χ1v) is 7.61. The summed E-state index contributed by atoms with van der Waals surface area (Å²) >= 11 is 0. The molecule has 1 heterocycles. The van der Waals surface area contributed by atoms with Gasteiger partial charge < -0.3 is 4.74 Å². The maximum Gasteiger partial charge on any atom is 0.181 e. The minimum atomic E-state index is 0.158. The van der Waals surface area contributed by atoms with Crippen molar-refractivity contribution in [3.05, 3.63) is 42.0 Å². The molecule has 1 aliphatic rings. The van der Waals surface area contributed by atoms with Crippen molar-refractivity contribution in [3.8, 4) is 5.75 Å². The molecule has 2 aromatic rings. The van der Waals surface area contributed by atoms with E-state index in [1.807, 2.05) is 36.4 Å². The van der Waals surface area contributed by atoms with Crippen molar-refractivity contribution in [1.29, 1.82) is 0 Å². The fourth-order valence-corrected chi connectivity index (χ4v) is 3.11. The second-order valence-electron chi connectivity index (χ2n) is 5.62. The minimum Gasteiger partial charge on any atom is -0.496 e. The minimum absolute atomic E-state index is 0.158. The van der Waals surface area contributed by atoms with Gasteiger partial charge in [-0.3, -0.25) is 9.69 Å². The molecule has 3 rings (SSSR count). The van der Waals surface area contributed by atoms with Gasteiger partial charge in [-0.05, 0) is 42.8 Å². The fraction of sp³-hybridized carbons (Fsp3) is 0.389. The van der Waals surface area contributed by atoms with Crippen molar-refractivity contribution in [2.75, 3.05) is 26.7 Å². The number of benzene rings is 2. The number of hydrogen-bond donors (Lipinski definition) is 0. The van der Waals surface area contributed by atoms with Gasteiger partial charge >= 0.3 is 0 Å². The number of methoxy groups -OCH3 is 1. The largest absolute Gasteiger partial charge is 0.496 e. The average molecular weight is 283 g/mol. The van der Waals surface area contributed by atoms with Crippen molar-refractivity contribution in [2.24, 2.45) is 0 Å². The maximum atomic E-state index is 12.8. The first-order valence-electron chi connectivity index (χ1n) is 7.61. The van der Waals surface area contributed by atoms with Gasteiger partial charge in [-0.1, -0.05) is 36.8 Å². The van der Waals surface area contributed by atoms with E-state index in [1.54, 1.807) is 7.11 Å². The zero-order valence-electron chi connectivity index (χ0n) is 12.5. The molecular weight excluding hydrogens is 262 g/mol. The fourth-order valence-electron chi connectivity index (χ4n) is 3.11. The number of fused-ring (bicyclic) bond motifs is 1. The highest BCUT2D eigenvalue weighted by Crippen LogP contribution is 2.28. The monoisotopic (exact) mass is 283 g/mol. The van der Waals surface area contributed by atoms with Crippen molar-refractivity contribution < 1.29 is 9.53 Å². The number of ether oxygens (including phenoxy) is 1. The molecule has 0 spiro atoms. The second kappa shape index (κ2) is 6.27. The van der Waals surface area contributed by atoms with E-state index < -0.39 is 0 Å². The molecule has 1 saturated heterocycles. The Morgan fingerprint density at radius 3 is 2.62 bits per heavy atom. The van der Waals surface area contributed by atoms with Crippen LogP contribution >= 0.6 is 0 Å². The Hall–Kier alpha value is -1.87. The van der Waals surface area contributed by atoms with E-state index in [1.165, 1.54) is 19.3 Å². The SMILES string of the molecule is COc1ccc2ccccc2c1C(=O)CN1CCCCC1. The van der Waals surface area contributed by atoms with Crippen LogP contribution in [0, 0.1) is 0 Å². The van der Waals surface area contributed by atoms with E-state index in [0.29, 0.717) is 12.3 Å². The van der Waals surface area contributed by atoms with Crippen LogP contribution in [0.4, 0.5) is 0 Å². The molecule has 1 aliphatic heterocycles. The first kappa shape index (κ1) is 14.1. The highest BCUT2D eigenvalue weighted by molar-refractivity contribution is 6.11. The van der Waals surface area contributed by atoms with Gasteiger partial charge in [-0.15, -0.1) is 0 Å². The Morgan fingerprint density at radius 1 is 1.10 bits per heavy atom. The summed E-state index contributed by atoms with van der Waals surface area (Å²) in [6.45, 7) is 2.54. The Balaban J connectivity index is 1.95. The van der Waals surface area contributed by atoms with E-state index in [4.69, 9.17) is 4.74 Å². The topological polar surface area (TPSA) is 29.5 Å². The van der Waals surface area contributed by atoms with E-state index in [9.17, 15) is 4.79 Å². The lowest BCUT2D eigenvalue weighted by Crippen LogP contribution is -2.34. The Labute approximate surface area is 125 Å². The maximum absolute atomic E-state index is 12.8. The van der Waals surface area contributed by atoms with Gasteiger partial charge in [0.05, 0.1) is 19.2 Å². The number of carbonyl (C=O) groups is 1. The molecule has 0 atom stereocenters. The van der Waals surface area contributed by atoms with Gasteiger partial charge in [-0.25, -0.2) is 0 Å². The molecule has 0 N–H and O–H groups in total. The number of hydrogen-bond acceptors (Lipinski definition) is 3. The van der Waals surface area contributed by atoms with Gasteiger partial charge in [0.2, 0.25) is 0 Å². The highest BCUT2D eigenvalue weighted by Gasteiger charge is 2.20. The third-order valence-corrected chi connectivity index (χ3v) is 4.21. The molecule has 2 aromatic carbocycles. The number of piperidine rings is 1. The van der Waals surface area contributed by atoms with Gasteiger partial charge in [0.15, 0.2) is 5.78 Å². The summed E-state index contributed by atoms with van der Waals surface area (Å²) in [5, 5.41) is 2.07. The molecular formula is C18H21NO2. The summed E-state index contributed by atoms with van der Waals surface area (Å²) in [7, 11) is 1.63. The quantitative estimate of drug-likeness (QED) is 0.804. The van der Waals surface area contributed by atoms with Crippen LogP contribution in [0.5, 0.6) is 5.75 Å². The third-order valence-electron chi connectivity index (χ3n) is 4.21. The third kappa shape index (κ3) is 2.93. The summed E-state index contributed by atoms with van der Waals surface area (Å²) in [6, 6.07) is 11.9. The van der Waals surface area contributed by atoms with Crippen molar-refractivity contribution in [3.63, 3.8) is 0 Å². The van der Waals surface area contributed by atoms with Crippen molar-refractivity contribution >= 4 is 16.6 Å². The molecule has 0 amide bonds. The predicted octanol–water partition coefficient (Wildman–Crippen LogP) is 3.52. The molecule has 21 heavy (non-hydrogen) atoms. The van der Waals surface area contributed by atoms with E-state index in [2.05, 4.69) is 4.90 Å². The zero-order valence-corrected chi connectivity index (χ0v) is 12.5. The van der Waals surface area contributed by atoms with Crippen LogP contribution in [0.2, 0.25) is 0 Å². The van der Waals surface area contributed by atoms with Crippen LogP contribution in [0.25, 0.3) is 10.8 Å². The number of Topliss-reactive ketones (excluding diaryl/α,β-unsaturated/α-hetero) is 1. The van der Waals surface area contributed by atoms with Crippen LogP contribution < -0.4 is 4.74 Å². The molecule has 0 aromatic heterocycles. The summed E-state index contributed by atoms with van der Waals surface area (Å²) in [5.41, 5.74) is 0.723. The lowest BCUT2D eigenvalue weighted by atomic mass is 9.99. The summed E-state index contributed by atoms with van der Waals surface area (Å²) < 4.78 is 5.42. The summed E-state index contributed by atoms with van der Waals surface area (Å²) in [5.74, 6) is 0.834. The van der Waals surface area contributed by atoms with Crippen LogP contribution in [0.1, 0.15) is 29.6 Å². The molecule has 0 saturated carbocycles. The summed E-state index contributed by atoms with van der Waals surface area (Å²) in [6.07, 6.45) is 3.67. The molecule has 0 radical (unpaired) electrons. The van der Waals surface area contributed by atoms with Gasteiger partial charge in [0, 0.05) is 0 Å². The number of rotatable bonds is 4. The first-order chi connectivity index (χ1) is 10.3. The lowest BCUT2D eigenvalue weighted by Gasteiger charge is -2.26. The molecule has 1 fully saturated rings. The smallest absolute Gasteiger partial charge is 0.181 e. The number of likely N-dealkylation sites (tertiary alicyclic amines) is 1. The summed E-state index contributed by atoms with van der Waals surface area (Å²) in [4.78, 5) is 15.0. The molecule has 0 aliphatic carbocycles. The van der Waals surface area contributed by atoms with E-state index >= 15 is 0 Å². The number of nitrogens with zero attached hydrogens (tertiary/aromatic N) is 1. The van der Waals surface area contributed by atoms with Gasteiger partial charge in [0.25, 0.3) is 0 Å². The van der Waals surface area contributed by atoms with Crippen LogP contribution in [0.15, 0.2) is 36.4 Å². The Morgan fingerprint density at radius 2 is 1.86 bits per heavy atom. The van der Waals surface area contributed by atoms with Crippen LogP contribution in [-0.4, -0.2) is 37.4 Å². The van der Waals surface area contributed by atoms with Crippen molar-refractivity contribution in [1.82, 2.24) is 4.90 Å². The highest BCUT2D eigenvalue weighted by atomic mass is 16.5. The standard InChI is InChI=1S/C18H21NO2/c1-21-17-10-9-14-7-3-4-8-15(14)18(17)16(20)13-19-11-5-2-6-12-19/h3-4,7-10H,2,5-6,11-13H2,1H3. The van der Waals surface area contributed by atoms with Crippen LogP contribution in [0.3, 0.4) is 0 Å². The normalized spacial score (nSPS) is 16.0. The lowest BCUT2D eigenvalue weighted by molar-refractivity contribution is 0.0914. The number of carbonyl (C=O) groups excluding carboxylic acids is 1.